The van der Waals surface area contributed by atoms with Crippen LogP contribution in [0.25, 0.3) is 10.9 Å². The van der Waals surface area contributed by atoms with E-state index in [9.17, 15) is 8.42 Å². The van der Waals surface area contributed by atoms with E-state index in [1.165, 1.54) is 6.07 Å². The molecule has 4 nitrogen and oxygen atoms in total. The van der Waals surface area contributed by atoms with Crippen molar-refractivity contribution in [2.24, 2.45) is 0 Å². The molecule has 0 aliphatic carbocycles. The molecule has 0 N–H and O–H groups in total. The summed E-state index contributed by atoms with van der Waals surface area (Å²) < 4.78 is 26.9. The molecule has 1 aromatic carbocycles. The Morgan fingerprint density at radius 1 is 1.31 bits per heavy atom. The molecule has 1 heterocycles. The second-order valence-electron chi connectivity index (χ2n) is 3.23. The van der Waals surface area contributed by atoms with Gasteiger partial charge in [-0.25, -0.2) is 0 Å². The number of fused-ring (bicyclic) bond motifs is 1. The summed E-state index contributed by atoms with van der Waals surface area (Å²) in [4.78, 5) is 4.05. The fraction of sp³-hybridized carbons (Fsp3) is 0.100. The van der Waals surface area contributed by atoms with Crippen molar-refractivity contribution in [1.29, 1.82) is 0 Å². The zero-order valence-corrected chi connectivity index (χ0v) is 9.92. The first-order valence-corrected chi connectivity index (χ1v) is 6.59. The molecule has 16 heavy (non-hydrogen) atoms. The van der Waals surface area contributed by atoms with Crippen molar-refractivity contribution in [3.8, 4) is 5.75 Å². The van der Waals surface area contributed by atoms with E-state index in [1.54, 1.807) is 24.4 Å². The molecule has 84 valence electrons. The van der Waals surface area contributed by atoms with Gasteiger partial charge in [0.2, 0.25) is 0 Å². The molecule has 0 bridgehead atoms. The number of aromatic nitrogens is 1. The highest BCUT2D eigenvalue weighted by molar-refractivity contribution is 7.86. The van der Waals surface area contributed by atoms with E-state index in [-0.39, 0.29) is 5.75 Å². The van der Waals surface area contributed by atoms with Crippen LogP contribution in [0.3, 0.4) is 0 Å². The molecule has 0 aliphatic rings. The largest absolute Gasteiger partial charge is 0.380 e. The molecule has 0 spiro atoms. The zero-order valence-electron chi connectivity index (χ0n) is 8.34. The van der Waals surface area contributed by atoms with Crippen LogP contribution in [0.2, 0.25) is 5.02 Å². The summed E-state index contributed by atoms with van der Waals surface area (Å²) in [6, 6.07) is 6.53. The van der Waals surface area contributed by atoms with Gasteiger partial charge in [-0.05, 0) is 24.3 Å². The van der Waals surface area contributed by atoms with Crippen molar-refractivity contribution >= 4 is 32.6 Å². The molecule has 0 fully saturated rings. The summed E-state index contributed by atoms with van der Waals surface area (Å²) in [5.74, 6) is 0.183. The third-order valence-electron chi connectivity index (χ3n) is 1.92. The molecule has 2 aromatic rings. The molecule has 0 unspecified atom stereocenters. The minimum absolute atomic E-state index is 0.183. The highest BCUT2D eigenvalue weighted by atomic mass is 35.5. The monoisotopic (exact) mass is 257 g/mol. The molecule has 6 heteroatoms. The Labute approximate surface area is 97.9 Å². The third kappa shape index (κ3) is 2.25. The van der Waals surface area contributed by atoms with Gasteiger partial charge in [0.05, 0.1) is 11.3 Å². The number of rotatable bonds is 2. The van der Waals surface area contributed by atoms with Crippen molar-refractivity contribution in [2.45, 2.75) is 0 Å². The van der Waals surface area contributed by atoms with Crippen molar-refractivity contribution in [1.82, 2.24) is 4.98 Å². The lowest BCUT2D eigenvalue weighted by molar-refractivity contribution is 0.495. The summed E-state index contributed by atoms with van der Waals surface area (Å²) >= 11 is 5.96. The van der Waals surface area contributed by atoms with Gasteiger partial charge in [-0.2, -0.15) is 8.42 Å². The minimum Gasteiger partial charge on any atom is -0.380 e. The number of hydrogen-bond acceptors (Lipinski definition) is 4. The van der Waals surface area contributed by atoms with Crippen LogP contribution in [-0.2, 0) is 10.1 Å². The van der Waals surface area contributed by atoms with E-state index in [1.807, 2.05) is 0 Å². The Morgan fingerprint density at radius 2 is 2.06 bits per heavy atom. The van der Waals surface area contributed by atoms with Crippen molar-refractivity contribution < 1.29 is 12.6 Å². The maximum atomic E-state index is 11.0. The average molecular weight is 258 g/mol. The summed E-state index contributed by atoms with van der Waals surface area (Å²) in [6.45, 7) is 0. The zero-order chi connectivity index (χ0) is 11.8. The smallest absolute Gasteiger partial charge is 0.306 e. The molecule has 0 saturated heterocycles. The quantitative estimate of drug-likeness (QED) is 0.774. The SMILES string of the molecule is CS(=O)(=O)Oc1ccc(Cl)c2cccnc12. The van der Waals surface area contributed by atoms with E-state index in [0.717, 1.165) is 6.26 Å². The lowest BCUT2D eigenvalue weighted by Crippen LogP contribution is -2.06. The van der Waals surface area contributed by atoms with Gasteiger partial charge < -0.3 is 4.18 Å². The maximum absolute atomic E-state index is 11.0. The van der Waals surface area contributed by atoms with E-state index >= 15 is 0 Å². The summed E-state index contributed by atoms with van der Waals surface area (Å²) in [7, 11) is -3.56. The Kier molecular flexibility index (Phi) is 2.73. The molecule has 2 rings (SSSR count). The van der Waals surface area contributed by atoms with Crippen molar-refractivity contribution in [2.75, 3.05) is 6.26 Å². The molecule has 0 aliphatic heterocycles. The van der Waals surface area contributed by atoms with Crippen LogP contribution in [0.5, 0.6) is 5.75 Å². The summed E-state index contributed by atoms with van der Waals surface area (Å²) in [5, 5.41) is 1.16. The van der Waals surface area contributed by atoms with Gasteiger partial charge in [0.25, 0.3) is 0 Å². The maximum Gasteiger partial charge on any atom is 0.306 e. The van der Waals surface area contributed by atoms with Gasteiger partial charge in [0.1, 0.15) is 5.52 Å². The Morgan fingerprint density at radius 3 is 2.75 bits per heavy atom. The first-order chi connectivity index (χ1) is 7.47. The first kappa shape index (κ1) is 11.2. The second-order valence-corrected chi connectivity index (χ2v) is 5.21. The Balaban J connectivity index is 2.68. The average Bonchev–Trinajstić information content (AvgIpc) is 2.21. The molecule has 0 amide bonds. The van der Waals surface area contributed by atoms with Gasteiger partial charge >= 0.3 is 10.1 Å². The Hall–Kier alpha value is -1.33. The van der Waals surface area contributed by atoms with Gasteiger partial charge in [0, 0.05) is 11.6 Å². The number of benzene rings is 1. The van der Waals surface area contributed by atoms with Crippen molar-refractivity contribution in [3.63, 3.8) is 0 Å². The Bertz CT molecular complexity index is 640. The second kappa shape index (κ2) is 3.92. The van der Waals surface area contributed by atoms with Crippen LogP contribution < -0.4 is 4.18 Å². The van der Waals surface area contributed by atoms with Gasteiger partial charge in [-0.1, -0.05) is 11.6 Å². The lowest BCUT2D eigenvalue weighted by atomic mass is 10.2. The van der Waals surface area contributed by atoms with Crippen LogP contribution in [0, 0.1) is 0 Å². The highest BCUT2D eigenvalue weighted by Gasteiger charge is 2.11. The van der Waals surface area contributed by atoms with Crippen LogP contribution in [0.15, 0.2) is 30.5 Å². The van der Waals surface area contributed by atoms with Crippen LogP contribution >= 0.6 is 11.6 Å². The van der Waals surface area contributed by atoms with Gasteiger partial charge in [-0.15, -0.1) is 0 Å². The molecule has 0 atom stereocenters. The number of nitrogens with zero attached hydrogens (tertiary/aromatic N) is 1. The van der Waals surface area contributed by atoms with E-state index in [0.29, 0.717) is 15.9 Å². The molecular weight excluding hydrogens is 250 g/mol. The lowest BCUT2D eigenvalue weighted by Gasteiger charge is -2.06. The number of hydrogen-bond donors (Lipinski definition) is 0. The standard InChI is InChI=1S/C10H8ClNO3S/c1-16(13,14)15-9-5-4-8(11)7-3-2-6-12-10(7)9/h2-6H,1H3. The molecule has 0 radical (unpaired) electrons. The van der Waals surface area contributed by atoms with E-state index in [4.69, 9.17) is 15.8 Å². The fourth-order valence-electron chi connectivity index (χ4n) is 1.34. The topological polar surface area (TPSA) is 56.3 Å². The highest BCUT2D eigenvalue weighted by Crippen LogP contribution is 2.30. The molecule has 0 saturated carbocycles. The molecule has 1 aromatic heterocycles. The molecular formula is C10H8ClNO3S. The number of pyridine rings is 1. The number of halogens is 1. The van der Waals surface area contributed by atoms with E-state index < -0.39 is 10.1 Å². The predicted octanol–water partition coefficient (Wildman–Crippen LogP) is 2.23. The minimum atomic E-state index is -3.56. The first-order valence-electron chi connectivity index (χ1n) is 4.40. The third-order valence-corrected chi connectivity index (χ3v) is 2.73. The van der Waals surface area contributed by atoms with E-state index in [2.05, 4.69) is 4.98 Å². The normalized spacial score (nSPS) is 11.6. The fourth-order valence-corrected chi connectivity index (χ4v) is 2.02. The predicted molar refractivity (Wildman–Crippen MR) is 62.2 cm³/mol. The van der Waals surface area contributed by atoms with Crippen LogP contribution in [0.1, 0.15) is 0 Å². The van der Waals surface area contributed by atoms with Crippen LogP contribution in [-0.4, -0.2) is 19.7 Å². The van der Waals surface area contributed by atoms with Crippen molar-refractivity contribution in [3.05, 3.63) is 35.5 Å². The summed E-state index contributed by atoms with van der Waals surface area (Å²) in [5.41, 5.74) is 0.431. The van der Waals surface area contributed by atoms with Gasteiger partial charge in [0.15, 0.2) is 5.75 Å². The summed E-state index contributed by atoms with van der Waals surface area (Å²) in [6.07, 6.45) is 2.53. The van der Waals surface area contributed by atoms with Crippen LogP contribution in [0.4, 0.5) is 0 Å². The van der Waals surface area contributed by atoms with Gasteiger partial charge in [-0.3, -0.25) is 4.98 Å².